The first kappa shape index (κ1) is 16.2. The molecule has 5 rings (SSSR count). The third-order valence-electron chi connectivity index (χ3n) is 4.66. The van der Waals surface area contributed by atoms with E-state index in [9.17, 15) is 10.1 Å². The summed E-state index contributed by atoms with van der Waals surface area (Å²) >= 11 is 1.54. The highest BCUT2D eigenvalue weighted by molar-refractivity contribution is 7.23. The van der Waals surface area contributed by atoms with E-state index in [-0.39, 0.29) is 5.69 Å². The smallest absolute Gasteiger partial charge is 0.269 e. The van der Waals surface area contributed by atoms with Gasteiger partial charge in [0, 0.05) is 37.0 Å². The number of nitro benzene ring substituents is 1. The predicted molar refractivity (Wildman–Crippen MR) is 103 cm³/mol. The van der Waals surface area contributed by atoms with Gasteiger partial charge < -0.3 is 9.64 Å². The van der Waals surface area contributed by atoms with Gasteiger partial charge in [0.05, 0.1) is 29.3 Å². The number of morpholine rings is 1. The molecule has 9 heteroatoms. The number of hydrogen-bond donors (Lipinski definition) is 0. The molecule has 1 saturated heterocycles. The van der Waals surface area contributed by atoms with Gasteiger partial charge in [0.1, 0.15) is 10.6 Å². The summed E-state index contributed by atoms with van der Waals surface area (Å²) in [5.74, 6) is 0.964. The normalized spacial score (nSPS) is 14.9. The van der Waals surface area contributed by atoms with Gasteiger partial charge in [-0.3, -0.25) is 14.5 Å². The van der Waals surface area contributed by atoms with Crippen molar-refractivity contribution in [1.82, 2.24) is 14.4 Å². The van der Waals surface area contributed by atoms with Gasteiger partial charge in [0.15, 0.2) is 4.96 Å². The number of nitro groups is 1. The fourth-order valence-corrected chi connectivity index (χ4v) is 4.21. The van der Waals surface area contributed by atoms with E-state index in [1.807, 2.05) is 16.7 Å². The summed E-state index contributed by atoms with van der Waals surface area (Å²) in [4.78, 5) is 23.9. The average molecular weight is 381 g/mol. The maximum atomic E-state index is 10.8. The number of non-ortho nitro benzene ring substituents is 1. The molecular formula is C18H15N5O3S. The van der Waals surface area contributed by atoms with Crippen molar-refractivity contribution >= 4 is 38.2 Å². The second-order valence-electron chi connectivity index (χ2n) is 6.28. The van der Waals surface area contributed by atoms with Crippen LogP contribution in [0.15, 0.2) is 42.6 Å². The lowest BCUT2D eigenvalue weighted by molar-refractivity contribution is -0.384. The Balaban J connectivity index is 1.51. The van der Waals surface area contributed by atoms with Crippen molar-refractivity contribution in [3.05, 3.63) is 52.7 Å². The van der Waals surface area contributed by atoms with Crippen LogP contribution in [0.5, 0.6) is 0 Å². The first-order valence-electron chi connectivity index (χ1n) is 8.55. The third-order valence-corrected chi connectivity index (χ3v) is 5.62. The lowest BCUT2D eigenvalue weighted by Crippen LogP contribution is -2.36. The van der Waals surface area contributed by atoms with E-state index in [1.54, 1.807) is 12.1 Å². The maximum Gasteiger partial charge on any atom is 0.269 e. The number of benzene rings is 1. The number of ether oxygens (including phenoxy) is 1. The minimum atomic E-state index is -0.402. The molecule has 4 aromatic rings. The number of rotatable bonds is 3. The highest BCUT2D eigenvalue weighted by Gasteiger charge is 2.16. The number of anilines is 1. The second-order valence-corrected chi connectivity index (χ2v) is 7.23. The Hall–Kier alpha value is -3.04. The molecule has 3 aromatic heterocycles. The Morgan fingerprint density at radius 1 is 1.07 bits per heavy atom. The largest absolute Gasteiger partial charge is 0.378 e. The first-order chi connectivity index (χ1) is 13.2. The van der Waals surface area contributed by atoms with Crippen LogP contribution in [-0.4, -0.2) is 45.6 Å². The van der Waals surface area contributed by atoms with Crippen LogP contribution < -0.4 is 4.90 Å². The molecule has 1 fully saturated rings. The Morgan fingerprint density at radius 2 is 1.85 bits per heavy atom. The fourth-order valence-electron chi connectivity index (χ4n) is 3.24. The molecule has 0 saturated carbocycles. The molecule has 27 heavy (non-hydrogen) atoms. The van der Waals surface area contributed by atoms with Crippen molar-refractivity contribution in [1.29, 1.82) is 0 Å². The van der Waals surface area contributed by atoms with E-state index >= 15 is 0 Å². The Morgan fingerprint density at radius 3 is 2.59 bits per heavy atom. The predicted octanol–water partition coefficient (Wildman–Crippen LogP) is 3.36. The number of fused-ring (bicyclic) bond motifs is 3. The van der Waals surface area contributed by atoms with Gasteiger partial charge in [-0.1, -0.05) is 11.3 Å². The molecule has 8 nitrogen and oxygen atoms in total. The van der Waals surface area contributed by atoms with E-state index in [0.29, 0.717) is 0 Å². The summed E-state index contributed by atoms with van der Waals surface area (Å²) in [7, 11) is 0. The van der Waals surface area contributed by atoms with Gasteiger partial charge in [-0.2, -0.15) is 0 Å². The molecule has 0 atom stereocenters. The van der Waals surface area contributed by atoms with Crippen LogP contribution in [0.2, 0.25) is 0 Å². The number of nitrogens with zero attached hydrogens (tertiary/aromatic N) is 5. The lowest BCUT2D eigenvalue weighted by Gasteiger charge is -2.27. The van der Waals surface area contributed by atoms with E-state index in [4.69, 9.17) is 9.72 Å². The number of pyridine rings is 1. The third kappa shape index (κ3) is 2.81. The molecular weight excluding hydrogens is 366 g/mol. The molecule has 0 unspecified atom stereocenters. The van der Waals surface area contributed by atoms with Crippen molar-refractivity contribution in [3.8, 4) is 11.3 Å². The summed E-state index contributed by atoms with van der Waals surface area (Å²) in [6.45, 7) is 3.16. The summed E-state index contributed by atoms with van der Waals surface area (Å²) < 4.78 is 7.42. The molecule has 1 aromatic carbocycles. The standard InChI is InChI=1S/C18H15N5O3S/c24-23(25)13-3-1-12(2-4-13)14-11-22-15-5-6-16(21-7-9-26-10-8-21)20-17(15)27-18(22)19-14/h1-6,11H,7-10H2. The van der Waals surface area contributed by atoms with Crippen molar-refractivity contribution < 1.29 is 9.66 Å². The van der Waals surface area contributed by atoms with Crippen LogP contribution >= 0.6 is 11.3 Å². The van der Waals surface area contributed by atoms with Crippen molar-refractivity contribution in [2.24, 2.45) is 0 Å². The molecule has 0 N–H and O–H groups in total. The Bertz CT molecular complexity index is 1150. The Kier molecular flexibility index (Phi) is 3.76. The zero-order chi connectivity index (χ0) is 18.4. The van der Waals surface area contributed by atoms with Gasteiger partial charge >= 0.3 is 0 Å². The van der Waals surface area contributed by atoms with E-state index < -0.39 is 4.92 Å². The van der Waals surface area contributed by atoms with Gasteiger partial charge in [-0.25, -0.2) is 9.97 Å². The van der Waals surface area contributed by atoms with Crippen molar-refractivity contribution in [2.45, 2.75) is 0 Å². The van der Waals surface area contributed by atoms with E-state index in [2.05, 4.69) is 16.0 Å². The van der Waals surface area contributed by atoms with Crippen molar-refractivity contribution in [2.75, 3.05) is 31.2 Å². The average Bonchev–Trinajstić information content (AvgIpc) is 3.26. The highest BCUT2D eigenvalue weighted by atomic mass is 32.1. The topological polar surface area (TPSA) is 85.8 Å². The minimum absolute atomic E-state index is 0.0741. The highest BCUT2D eigenvalue weighted by Crippen LogP contribution is 2.30. The molecule has 0 spiro atoms. The lowest BCUT2D eigenvalue weighted by atomic mass is 10.1. The molecule has 0 amide bonds. The molecule has 1 aliphatic heterocycles. The number of imidazole rings is 1. The fraction of sp³-hybridized carbons (Fsp3) is 0.222. The van der Waals surface area contributed by atoms with Gasteiger partial charge in [0.2, 0.25) is 0 Å². The zero-order valence-electron chi connectivity index (χ0n) is 14.2. The minimum Gasteiger partial charge on any atom is -0.378 e. The van der Waals surface area contributed by atoms with Gasteiger partial charge in [-0.05, 0) is 24.3 Å². The quantitative estimate of drug-likeness (QED) is 0.400. The number of aromatic nitrogens is 3. The molecule has 4 heterocycles. The Labute approximate surface area is 157 Å². The van der Waals surface area contributed by atoms with Crippen LogP contribution in [0, 0.1) is 10.1 Å². The monoisotopic (exact) mass is 381 g/mol. The van der Waals surface area contributed by atoms with Gasteiger partial charge in [0.25, 0.3) is 5.69 Å². The number of thiazole rings is 1. The summed E-state index contributed by atoms with van der Waals surface area (Å²) in [5, 5.41) is 10.8. The van der Waals surface area contributed by atoms with Crippen LogP contribution in [0.1, 0.15) is 0 Å². The molecule has 136 valence electrons. The van der Waals surface area contributed by atoms with Gasteiger partial charge in [-0.15, -0.1) is 0 Å². The summed E-state index contributed by atoms with van der Waals surface area (Å²) in [5.41, 5.74) is 2.72. The molecule has 1 aliphatic rings. The maximum absolute atomic E-state index is 10.8. The first-order valence-corrected chi connectivity index (χ1v) is 9.37. The van der Waals surface area contributed by atoms with Crippen LogP contribution in [0.3, 0.4) is 0 Å². The number of hydrogen-bond acceptors (Lipinski definition) is 7. The summed E-state index contributed by atoms with van der Waals surface area (Å²) in [6.07, 6.45) is 1.95. The second kappa shape index (κ2) is 6.29. The van der Waals surface area contributed by atoms with E-state index in [0.717, 1.165) is 58.7 Å². The van der Waals surface area contributed by atoms with Crippen LogP contribution in [-0.2, 0) is 4.74 Å². The van der Waals surface area contributed by atoms with Crippen LogP contribution in [0.25, 0.3) is 26.6 Å². The summed E-state index contributed by atoms with van der Waals surface area (Å²) in [6, 6.07) is 10.5. The molecule has 0 radical (unpaired) electrons. The van der Waals surface area contributed by atoms with E-state index in [1.165, 1.54) is 23.5 Å². The van der Waals surface area contributed by atoms with Crippen molar-refractivity contribution in [3.63, 3.8) is 0 Å². The molecule has 0 aliphatic carbocycles. The molecule has 0 bridgehead atoms. The zero-order valence-corrected chi connectivity index (χ0v) is 15.1. The SMILES string of the molecule is O=[N+]([O-])c1ccc(-c2cn3c(n2)sc2nc(N4CCOCC4)ccc23)cc1. The van der Waals surface area contributed by atoms with Crippen LogP contribution in [0.4, 0.5) is 11.5 Å².